The van der Waals surface area contributed by atoms with Crippen LogP contribution in [-0.4, -0.2) is 48.0 Å². The van der Waals surface area contributed by atoms with Gasteiger partial charge in [0.25, 0.3) is 0 Å². The summed E-state index contributed by atoms with van der Waals surface area (Å²) in [6.07, 6.45) is 3.83. The standard InChI is InChI=1S/C10H18O4.CHClO2/c1-2-10(12)14-9-8-13-7-5-3-4-6-11;2-1(3)4/h2,11H,1,3-9H2;(H,3,4). The van der Waals surface area contributed by atoms with Crippen LogP contribution >= 0.6 is 11.6 Å². The Labute approximate surface area is 111 Å². The summed E-state index contributed by atoms with van der Waals surface area (Å²) in [5.41, 5.74) is -1.36. The van der Waals surface area contributed by atoms with Gasteiger partial charge in [-0.2, -0.15) is 0 Å². The Morgan fingerprint density at radius 1 is 1.17 bits per heavy atom. The second kappa shape index (κ2) is 15.9. The summed E-state index contributed by atoms with van der Waals surface area (Å²) in [5, 5.41) is 15.7. The molecule has 7 heteroatoms. The van der Waals surface area contributed by atoms with Gasteiger partial charge >= 0.3 is 11.4 Å². The average Bonchev–Trinajstić information content (AvgIpc) is 2.31. The number of carbonyl (C=O) groups excluding carboxylic acids is 1. The lowest BCUT2D eigenvalue weighted by atomic mass is 10.2. The van der Waals surface area contributed by atoms with E-state index < -0.39 is 11.4 Å². The molecule has 0 aromatic heterocycles. The lowest BCUT2D eigenvalue weighted by molar-refractivity contribution is -0.139. The van der Waals surface area contributed by atoms with Gasteiger partial charge in [0.15, 0.2) is 0 Å². The summed E-state index contributed by atoms with van der Waals surface area (Å²) in [7, 11) is 0. The molecule has 0 fully saturated rings. The van der Waals surface area contributed by atoms with Crippen molar-refractivity contribution in [2.24, 2.45) is 0 Å². The molecule has 0 unspecified atom stereocenters. The Morgan fingerprint density at radius 2 is 1.78 bits per heavy atom. The molecular formula is C11H19ClO6. The number of aliphatic hydroxyl groups excluding tert-OH is 1. The highest BCUT2D eigenvalue weighted by molar-refractivity contribution is 6.60. The summed E-state index contributed by atoms with van der Waals surface area (Å²) in [5.74, 6) is -0.422. The Morgan fingerprint density at radius 3 is 2.28 bits per heavy atom. The van der Waals surface area contributed by atoms with E-state index in [-0.39, 0.29) is 13.2 Å². The Bertz CT molecular complexity index is 228. The van der Waals surface area contributed by atoms with Crippen molar-refractivity contribution < 1.29 is 29.3 Å². The molecule has 0 bridgehead atoms. The number of carboxylic acid groups (broad SMARTS) is 1. The van der Waals surface area contributed by atoms with Crippen molar-refractivity contribution in [3.8, 4) is 0 Å². The summed E-state index contributed by atoms with van der Waals surface area (Å²) in [6.45, 7) is 4.83. The van der Waals surface area contributed by atoms with Gasteiger partial charge in [-0.1, -0.05) is 6.58 Å². The van der Waals surface area contributed by atoms with Crippen LogP contribution in [0.5, 0.6) is 0 Å². The highest BCUT2D eigenvalue weighted by Crippen LogP contribution is 1.94. The molecule has 0 rings (SSSR count). The van der Waals surface area contributed by atoms with Crippen LogP contribution in [0.1, 0.15) is 19.3 Å². The third kappa shape index (κ3) is 24.2. The number of rotatable bonds is 9. The molecule has 0 heterocycles. The van der Waals surface area contributed by atoms with Gasteiger partial charge in [0.1, 0.15) is 6.61 Å². The number of unbranched alkanes of at least 4 members (excludes halogenated alkanes) is 2. The maximum absolute atomic E-state index is 10.6. The van der Waals surface area contributed by atoms with E-state index in [0.717, 1.165) is 25.3 Å². The minimum atomic E-state index is -1.36. The topological polar surface area (TPSA) is 93.1 Å². The fraction of sp³-hybridized carbons (Fsp3) is 0.636. The average molecular weight is 283 g/mol. The van der Waals surface area contributed by atoms with Gasteiger partial charge in [-0.15, -0.1) is 0 Å². The van der Waals surface area contributed by atoms with Crippen molar-refractivity contribution in [1.82, 2.24) is 0 Å². The second-order valence-corrected chi connectivity index (χ2v) is 3.34. The number of halogens is 1. The van der Waals surface area contributed by atoms with Crippen LogP contribution in [0.3, 0.4) is 0 Å². The van der Waals surface area contributed by atoms with E-state index in [1.807, 2.05) is 0 Å². The van der Waals surface area contributed by atoms with Crippen molar-refractivity contribution in [2.45, 2.75) is 19.3 Å². The van der Waals surface area contributed by atoms with Crippen molar-refractivity contribution in [2.75, 3.05) is 26.4 Å². The van der Waals surface area contributed by atoms with Crippen LogP contribution in [0.15, 0.2) is 12.7 Å². The smallest absolute Gasteiger partial charge is 0.401 e. The number of esters is 1. The number of aliphatic hydroxyl groups is 1. The summed E-state index contributed by atoms with van der Waals surface area (Å²) in [4.78, 5) is 19.3. The normalized spacial score (nSPS) is 9.00. The number of ether oxygens (including phenoxy) is 2. The molecule has 106 valence electrons. The summed E-state index contributed by atoms with van der Waals surface area (Å²) in [6, 6.07) is 0. The molecule has 0 aliphatic carbocycles. The highest BCUT2D eigenvalue weighted by atomic mass is 35.5. The molecule has 0 aliphatic heterocycles. The Balaban J connectivity index is 0. The largest absolute Gasteiger partial charge is 0.469 e. The molecule has 0 radical (unpaired) electrons. The van der Waals surface area contributed by atoms with E-state index in [2.05, 4.69) is 18.2 Å². The van der Waals surface area contributed by atoms with E-state index in [1.165, 1.54) is 0 Å². The fourth-order valence-electron chi connectivity index (χ4n) is 0.855. The first kappa shape index (κ1) is 19.2. The van der Waals surface area contributed by atoms with Crippen molar-refractivity contribution >= 4 is 23.0 Å². The lowest BCUT2D eigenvalue weighted by Gasteiger charge is -2.03. The maximum Gasteiger partial charge on any atom is 0.401 e. The maximum atomic E-state index is 10.6. The number of hydrogen-bond acceptors (Lipinski definition) is 5. The highest BCUT2D eigenvalue weighted by Gasteiger charge is 1.94. The fourth-order valence-corrected chi connectivity index (χ4v) is 0.855. The summed E-state index contributed by atoms with van der Waals surface area (Å²) < 4.78 is 9.88. The minimum absolute atomic E-state index is 0.233. The van der Waals surface area contributed by atoms with Gasteiger partial charge in [-0.3, -0.25) is 0 Å². The molecule has 0 aromatic rings. The molecule has 0 atom stereocenters. The SMILES string of the molecule is C=CC(=O)OCCOCCCCCO.O=C(O)Cl. The van der Waals surface area contributed by atoms with Crippen LogP contribution in [0.25, 0.3) is 0 Å². The van der Waals surface area contributed by atoms with E-state index in [4.69, 9.17) is 24.5 Å². The molecule has 0 aliphatic rings. The van der Waals surface area contributed by atoms with Gasteiger partial charge in [-0.25, -0.2) is 9.59 Å². The van der Waals surface area contributed by atoms with Crippen molar-refractivity contribution in [3.63, 3.8) is 0 Å². The van der Waals surface area contributed by atoms with Crippen LogP contribution in [0, 0.1) is 0 Å². The third-order valence-electron chi connectivity index (χ3n) is 1.59. The Kier molecular flexibility index (Phi) is 17.0. The molecule has 0 spiro atoms. The van der Waals surface area contributed by atoms with Gasteiger partial charge in [-0.05, 0) is 19.3 Å². The zero-order valence-corrected chi connectivity index (χ0v) is 10.9. The molecule has 6 nitrogen and oxygen atoms in total. The zero-order chi connectivity index (χ0) is 14.2. The zero-order valence-electron chi connectivity index (χ0n) is 10.1. The summed E-state index contributed by atoms with van der Waals surface area (Å²) >= 11 is 4.19. The molecular weight excluding hydrogens is 264 g/mol. The number of carbonyl (C=O) groups is 2. The third-order valence-corrected chi connectivity index (χ3v) is 1.59. The molecule has 0 saturated heterocycles. The quantitative estimate of drug-likeness (QED) is 0.290. The first-order valence-corrected chi connectivity index (χ1v) is 5.78. The van der Waals surface area contributed by atoms with E-state index >= 15 is 0 Å². The first-order valence-electron chi connectivity index (χ1n) is 5.40. The van der Waals surface area contributed by atoms with Crippen LogP contribution in [0.2, 0.25) is 0 Å². The second-order valence-electron chi connectivity index (χ2n) is 3.02. The Hall–Kier alpha value is -1.11. The minimum Gasteiger partial charge on any atom is -0.469 e. The molecule has 0 amide bonds. The van der Waals surface area contributed by atoms with E-state index in [1.54, 1.807) is 0 Å². The monoisotopic (exact) mass is 282 g/mol. The number of hydrogen-bond donors (Lipinski definition) is 2. The molecule has 2 N–H and O–H groups in total. The van der Waals surface area contributed by atoms with Gasteiger partial charge in [0.2, 0.25) is 0 Å². The first-order chi connectivity index (χ1) is 8.54. The van der Waals surface area contributed by atoms with Crippen LogP contribution < -0.4 is 0 Å². The van der Waals surface area contributed by atoms with E-state index in [9.17, 15) is 4.79 Å². The lowest BCUT2D eigenvalue weighted by Crippen LogP contribution is -2.08. The predicted octanol–water partition coefficient (Wildman–Crippen LogP) is 1.80. The van der Waals surface area contributed by atoms with E-state index in [0.29, 0.717) is 13.2 Å². The van der Waals surface area contributed by atoms with Crippen molar-refractivity contribution in [3.05, 3.63) is 12.7 Å². The van der Waals surface area contributed by atoms with Gasteiger partial charge in [0.05, 0.1) is 6.61 Å². The molecule has 0 saturated carbocycles. The predicted molar refractivity (Wildman–Crippen MR) is 66.8 cm³/mol. The van der Waals surface area contributed by atoms with Gasteiger partial charge in [0, 0.05) is 30.9 Å². The molecule has 18 heavy (non-hydrogen) atoms. The van der Waals surface area contributed by atoms with Crippen LogP contribution in [-0.2, 0) is 14.3 Å². The van der Waals surface area contributed by atoms with Gasteiger partial charge < -0.3 is 19.7 Å². The molecule has 0 aromatic carbocycles. The van der Waals surface area contributed by atoms with Crippen molar-refractivity contribution in [1.29, 1.82) is 0 Å². The van der Waals surface area contributed by atoms with Crippen LogP contribution in [0.4, 0.5) is 4.79 Å².